The number of aromatic carboxylic acids is 1. The lowest BCUT2D eigenvalue weighted by molar-refractivity contribution is 0.0697. The Hall–Kier alpha value is -3.38. The van der Waals surface area contributed by atoms with Gasteiger partial charge in [0, 0.05) is 37.3 Å². The normalized spacial score (nSPS) is 11.1. The largest absolute Gasteiger partial charge is 0.478 e. The summed E-state index contributed by atoms with van der Waals surface area (Å²) in [5.41, 5.74) is 4.02. The summed E-state index contributed by atoms with van der Waals surface area (Å²) in [6.45, 7) is 1.26. The first-order valence-corrected chi connectivity index (χ1v) is 8.64. The first kappa shape index (κ1) is 17.1. The third-order valence-electron chi connectivity index (χ3n) is 4.41. The summed E-state index contributed by atoms with van der Waals surface area (Å²) >= 11 is 0. The predicted molar refractivity (Wildman–Crippen MR) is 102 cm³/mol. The lowest BCUT2D eigenvalue weighted by atomic mass is 10.1. The Morgan fingerprint density at radius 1 is 1.15 bits per heavy atom. The van der Waals surface area contributed by atoms with Gasteiger partial charge in [0.2, 0.25) is 0 Å². The summed E-state index contributed by atoms with van der Waals surface area (Å²) in [4.78, 5) is 10.9. The van der Waals surface area contributed by atoms with Gasteiger partial charge in [-0.25, -0.2) is 4.79 Å². The number of fused-ring (bicyclic) bond motifs is 1. The molecule has 0 bridgehead atoms. The van der Waals surface area contributed by atoms with Crippen molar-refractivity contribution in [2.24, 2.45) is 7.05 Å². The van der Waals surface area contributed by atoms with Gasteiger partial charge in [0.05, 0.1) is 5.56 Å². The zero-order chi connectivity index (χ0) is 18.8. The number of aryl methyl sites for hydroxylation is 1. The van der Waals surface area contributed by atoms with Gasteiger partial charge in [-0.3, -0.25) is 4.68 Å². The number of furan rings is 1. The number of aromatic nitrogens is 2. The molecule has 4 aromatic rings. The molecular formula is C21H19N3O3. The predicted octanol–water partition coefficient (Wildman–Crippen LogP) is 3.82. The van der Waals surface area contributed by atoms with Crippen molar-refractivity contribution in [3.63, 3.8) is 0 Å². The number of carboxylic acids is 1. The maximum absolute atomic E-state index is 10.9. The molecule has 0 fully saturated rings. The molecule has 136 valence electrons. The molecule has 0 spiro atoms. The molecule has 0 aliphatic heterocycles. The van der Waals surface area contributed by atoms with Gasteiger partial charge in [0.1, 0.15) is 11.3 Å². The van der Waals surface area contributed by atoms with Gasteiger partial charge >= 0.3 is 5.97 Å². The van der Waals surface area contributed by atoms with Crippen molar-refractivity contribution in [1.29, 1.82) is 0 Å². The van der Waals surface area contributed by atoms with E-state index in [1.54, 1.807) is 16.8 Å². The third kappa shape index (κ3) is 3.61. The standard InChI is InChI=1S/C21H19N3O3/c1-24-13-17(12-22-11-14-6-8-15(9-7-14)21(25)26)20(23-24)19-10-16-4-2-3-5-18(16)27-19/h2-10,13,22H,11-12H2,1H3,(H,25,26). The quantitative estimate of drug-likeness (QED) is 0.546. The number of carbonyl (C=O) groups is 1. The monoisotopic (exact) mass is 361 g/mol. The second-order valence-electron chi connectivity index (χ2n) is 6.43. The minimum atomic E-state index is -0.916. The number of hydrogen-bond donors (Lipinski definition) is 2. The van der Waals surface area contributed by atoms with Gasteiger partial charge in [-0.05, 0) is 29.8 Å². The lowest BCUT2D eigenvalue weighted by Gasteiger charge is -2.05. The molecule has 0 aliphatic carbocycles. The minimum absolute atomic E-state index is 0.290. The molecule has 0 saturated heterocycles. The van der Waals surface area contributed by atoms with E-state index in [-0.39, 0.29) is 5.56 Å². The molecule has 4 rings (SSSR count). The summed E-state index contributed by atoms with van der Waals surface area (Å²) < 4.78 is 7.73. The topological polar surface area (TPSA) is 80.3 Å². The van der Waals surface area contributed by atoms with E-state index < -0.39 is 5.97 Å². The van der Waals surface area contributed by atoms with Crippen molar-refractivity contribution >= 4 is 16.9 Å². The van der Waals surface area contributed by atoms with Gasteiger partial charge < -0.3 is 14.8 Å². The number of carboxylic acid groups (broad SMARTS) is 1. The summed E-state index contributed by atoms with van der Waals surface area (Å²) in [6.07, 6.45) is 1.98. The Balaban J connectivity index is 1.49. The fourth-order valence-corrected chi connectivity index (χ4v) is 3.08. The highest BCUT2D eigenvalue weighted by molar-refractivity contribution is 5.87. The summed E-state index contributed by atoms with van der Waals surface area (Å²) in [5.74, 6) is -0.167. The lowest BCUT2D eigenvalue weighted by Crippen LogP contribution is -2.13. The molecule has 0 unspecified atom stereocenters. The number of nitrogens with one attached hydrogen (secondary N) is 1. The highest BCUT2D eigenvalue weighted by atomic mass is 16.4. The van der Waals surface area contributed by atoms with Gasteiger partial charge in [-0.2, -0.15) is 5.10 Å². The maximum atomic E-state index is 10.9. The van der Waals surface area contributed by atoms with Crippen LogP contribution in [0.2, 0.25) is 0 Å². The van der Waals surface area contributed by atoms with E-state index in [1.165, 1.54) is 0 Å². The fraction of sp³-hybridized carbons (Fsp3) is 0.143. The molecule has 6 nitrogen and oxygen atoms in total. The van der Waals surface area contributed by atoms with E-state index in [9.17, 15) is 4.79 Å². The molecule has 0 amide bonds. The number of nitrogens with zero attached hydrogens (tertiary/aromatic N) is 2. The molecule has 0 radical (unpaired) electrons. The summed E-state index contributed by atoms with van der Waals surface area (Å²) in [6, 6.07) is 16.8. The van der Waals surface area contributed by atoms with Crippen LogP contribution in [0.1, 0.15) is 21.5 Å². The van der Waals surface area contributed by atoms with Crippen LogP contribution < -0.4 is 5.32 Å². The van der Waals surface area contributed by atoms with Crippen LogP contribution in [-0.4, -0.2) is 20.9 Å². The van der Waals surface area contributed by atoms with Crippen molar-refractivity contribution < 1.29 is 14.3 Å². The Morgan fingerprint density at radius 2 is 1.93 bits per heavy atom. The smallest absolute Gasteiger partial charge is 0.335 e. The van der Waals surface area contributed by atoms with Gasteiger partial charge in [0.25, 0.3) is 0 Å². The van der Waals surface area contributed by atoms with Gasteiger partial charge in [-0.15, -0.1) is 0 Å². The Labute approximate surface area is 156 Å². The van der Waals surface area contributed by atoms with Crippen molar-refractivity contribution in [1.82, 2.24) is 15.1 Å². The van der Waals surface area contributed by atoms with Gasteiger partial charge in [-0.1, -0.05) is 30.3 Å². The number of para-hydroxylation sites is 1. The van der Waals surface area contributed by atoms with E-state index in [1.807, 2.05) is 55.7 Å². The van der Waals surface area contributed by atoms with E-state index in [4.69, 9.17) is 9.52 Å². The first-order chi connectivity index (χ1) is 13.1. The average molecular weight is 361 g/mol. The zero-order valence-corrected chi connectivity index (χ0v) is 14.8. The van der Waals surface area contributed by atoms with E-state index in [2.05, 4.69) is 10.4 Å². The van der Waals surface area contributed by atoms with Crippen LogP contribution in [0, 0.1) is 0 Å². The van der Waals surface area contributed by atoms with Crippen LogP contribution in [0.25, 0.3) is 22.4 Å². The zero-order valence-electron chi connectivity index (χ0n) is 14.8. The van der Waals surface area contributed by atoms with E-state index >= 15 is 0 Å². The molecule has 0 saturated carbocycles. The van der Waals surface area contributed by atoms with Crippen molar-refractivity contribution in [3.05, 3.63) is 77.5 Å². The van der Waals surface area contributed by atoms with Crippen LogP contribution in [0.15, 0.2) is 65.2 Å². The van der Waals surface area contributed by atoms with E-state index in [0.29, 0.717) is 13.1 Å². The van der Waals surface area contributed by atoms with Crippen LogP contribution in [0.4, 0.5) is 0 Å². The highest BCUT2D eigenvalue weighted by Crippen LogP contribution is 2.28. The summed E-state index contributed by atoms with van der Waals surface area (Å²) in [7, 11) is 1.89. The Kier molecular flexibility index (Phi) is 4.48. The molecule has 27 heavy (non-hydrogen) atoms. The number of rotatable bonds is 6. The Bertz CT molecular complexity index is 1060. The van der Waals surface area contributed by atoms with Gasteiger partial charge in [0.15, 0.2) is 5.76 Å². The average Bonchev–Trinajstić information content (AvgIpc) is 3.25. The maximum Gasteiger partial charge on any atom is 0.335 e. The second kappa shape index (κ2) is 7.09. The van der Waals surface area contributed by atoms with Crippen LogP contribution in [0.3, 0.4) is 0 Å². The van der Waals surface area contributed by atoms with Crippen molar-refractivity contribution in [2.75, 3.05) is 0 Å². The highest BCUT2D eigenvalue weighted by Gasteiger charge is 2.14. The summed E-state index contributed by atoms with van der Waals surface area (Å²) in [5, 5.41) is 17.9. The SMILES string of the molecule is Cn1cc(CNCc2ccc(C(=O)O)cc2)c(-c2cc3ccccc3o2)n1. The van der Waals surface area contributed by atoms with Crippen molar-refractivity contribution in [3.8, 4) is 11.5 Å². The molecule has 2 aromatic carbocycles. The molecule has 0 aliphatic rings. The van der Waals surface area contributed by atoms with Crippen molar-refractivity contribution in [2.45, 2.75) is 13.1 Å². The molecular weight excluding hydrogens is 342 g/mol. The molecule has 6 heteroatoms. The van der Waals surface area contributed by atoms with E-state index in [0.717, 1.165) is 33.6 Å². The van der Waals surface area contributed by atoms with Crippen LogP contribution >= 0.6 is 0 Å². The molecule has 2 heterocycles. The fourth-order valence-electron chi connectivity index (χ4n) is 3.08. The number of benzene rings is 2. The minimum Gasteiger partial charge on any atom is -0.478 e. The molecule has 0 atom stereocenters. The Morgan fingerprint density at radius 3 is 2.67 bits per heavy atom. The van der Waals surface area contributed by atoms with Crippen LogP contribution in [0.5, 0.6) is 0 Å². The molecule has 2 N–H and O–H groups in total. The molecule has 2 aromatic heterocycles. The number of hydrogen-bond acceptors (Lipinski definition) is 4. The third-order valence-corrected chi connectivity index (χ3v) is 4.41. The second-order valence-corrected chi connectivity index (χ2v) is 6.43. The van der Waals surface area contributed by atoms with Crippen LogP contribution in [-0.2, 0) is 20.1 Å². The first-order valence-electron chi connectivity index (χ1n) is 8.64.